The summed E-state index contributed by atoms with van der Waals surface area (Å²) in [4.78, 5) is 24.2. The topological polar surface area (TPSA) is 52.6 Å². The van der Waals surface area contributed by atoms with Gasteiger partial charge in [0.05, 0.1) is 13.2 Å². The number of ether oxygens (including phenoxy) is 2. The van der Waals surface area contributed by atoms with Crippen LogP contribution in [0.15, 0.2) is 29.8 Å². The Labute approximate surface area is 124 Å². The van der Waals surface area contributed by atoms with Crippen LogP contribution in [0.5, 0.6) is 0 Å². The van der Waals surface area contributed by atoms with Gasteiger partial charge in [-0.3, -0.25) is 9.59 Å². The van der Waals surface area contributed by atoms with Gasteiger partial charge in [0.25, 0.3) is 0 Å². The zero-order valence-electron chi connectivity index (χ0n) is 12.4. The van der Waals surface area contributed by atoms with Crippen LogP contribution in [-0.2, 0) is 25.5 Å². The Morgan fingerprint density at radius 2 is 1.67 bits per heavy atom. The lowest BCUT2D eigenvalue weighted by atomic mass is 9.85. The predicted molar refractivity (Wildman–Crippen MR) is 79.5 cm³/mol. The monoisotopic (exact) mass is 288 g/mol. The molecule has 0 amide bonds. The van der Waals surface area contributed by atoms with Crippen LogP contribution in [0.25, 0.3) is 6.08 Å². The standard InChI is InChI=1S/C17H20O4/c1-3-20-16(18)15(17(19)21-4-2)14-10-9-12-7-5-6-8-13(12)11-14/h5-8,11,15H,3-4,9-10H2,1-2H3. The molecule has 1 aliphatic carbocycles. The van der Waals surface area contributed by atoms with Gasteiger partial charge in [0.15, 0.2) is 5.92 Å². The summed E-state index contributed by atoms with van der Waals surface area (Å²) in [6, 6.07) is 7.99. The highest BCUT2D eigenvalue weighted by atomic mass is 16.6. The Kier molecular flexibility index (Phi) is 5.14. The van der Waals surface area contributed by atoms with Crippen molar-refractivity contribution in [3.63, 3.8) is 0 Å². The minimum Gasteiger partial charge on any atom is -0.465 e. The highest BCUT2D eigenvalue weighted by molar-refractivity contribution is 5.99. The summed E-state index contributed by atoms with van der Waals surface area (Å²) in [6.07, 6.45) is 3.40. The van der Waals surface area contributed by atoms with Gasteiger partial charge in [-0.15, -0.1) is 0 Å². The Balaban J connectivity index is 2.31. The number of carbonyl (C=O) groups is 2. The molecule has 0 saturated carbocycles. The fraction of sp³-hybridized carbons (Fsp3) is 0.412. The molecule has 0 atom stereocenters. The van der Waals surface area contributed by atoms with Crippen molar-refractivity contribution < 1.29 is 19.1 Å². The second-order valence-electron chi connectivity index (χ2n) is 4.86. The molecule has 4 nitrogen and oxygen atoms in total. The summed E-state index contributed by atoms with van der Waals surface area (Å²) in [7, 11) is 0. The van der Waals surface area contributed by atoms with E-state index in [1.807, 2.05) is 24.3 Å². The first-order chi connectivity index (χ1) is 10.2. The number of fused-ring (bicyclic) bond motifs is 1. The smallest absolute Gasteiger partial charge is 0.324 e. The van der Waals surface area contributed by atoms with E-state index in [9.17, 15) is 9.59 Å². The Morgan fingerprint density at radius 1 is 1.05 bits per heavy atom. The van der Waals surface area contributed by atoms with Crippen LogP contribution < -0.4 is 0 Å². The molecule has 1 aliphatic rings. The van der Waals surface area contributed by atoms with Crippen LogP contribution >= 0.6 is 0 Å². The maximum atomic E-state index is 12.1. The molecular weight excluding hydrogens is 268 g/mol. The molecular formula is C17H20O4. The zero-order chi connectivity index (χ0) is 15.2. The van der Waals surface area contributed by atoms with Gasteiger partial charge in [0, 0.05) is 0 Å². The number of rotatable bonds is 5. The van der Waals surface area contributed by atoms with Gasteiger partial charge in [-0.05, 0) is 43.4 Å². The molecule has 0 aromatic heterocycles. The maximum Gasteiger partial charge on any atom is 0.324 e. The summed E-state index contributed by atoms with van der Waals surface area (Å²) < 4.78 is 10.1. The summed E-state index contributed by atoms with van der Waals surface area (Å²) in [5.74, 6) is -2.00. The minimum absolute atomic E-state index is 0.249. The van der Waals surface area contributed by atoms with Crippen molar-refractivity contribution in [3.8, 4) is 0 Å². The predicted octanol–water partition coefficient (Wildman–Crippen LogP) is 2.76. The number of hydrogen-bond donors (Lipinski definition) is 0. The van der Waals surface area contributed by atoms with Crippen LogP contribution in [0.4, 0.5) is 0 Å². The third kappa shape index (κ3) is 3.51. The van der Waals surface area contributed by atoms with Crippen LogP contribution in [0.3, 0.4) is 0 Å². The average Bonchev–Trinajstić information content (AvgIpc) is 2.48. The van der Waals surface area contributed by atoms with E-state index in [0.717, 1.165) is 17.6 Å². The van der Waals surface area contributed by atoms with Crippen molar-refractivity contribution in [3.05, 3.63) is 41.0 Å². The molecule has 0 bridgehead atoms. The first-order valence-corrected chi connectivity index (χ1v) is 7.29. The van der Waals surface area contributed by atoms with Crippen molar-refractivity contribution in [2.75, 3.05) is 13.2 Å². The molecule has 0 saturated heterocycles. The fourth-order valence-electron chi connectivity index (χ4n) is 2.53. The van der Waals surface area contributed by atoms with Gasteiger partial charge >= 0.3 is 11.9 Å². The van der Waals surface area contributed by atoms with E-state index in [0.29, 0.717) is 6.42 Å². The normalized spacial score (nSPS) is 13.4. The van der Waals surface area contributed by atoms with Gasteiger partial charge in [0.2, 0.25) is 0 Å². The van der Waals surface area contributed by atoms with Crippen molar-refractivity contribution in [2.45, 2.75) is 26.7 Å². The Bertz CT molecular complexity index is 542. The first-order valence-electron chi connectivity index (χ1n) is 7.29. The van der Waals surface area contributed by atoms with Crippen LogP contribution in [-0.4, -0.2) is 25.2 Å². The third-order valence-electron chi connectivity index (χ3n) is 3.49. The molecule has 1 aromatic carbocycles. The summed E-state index contributed by atoms with van der Waals surface area (Å²) in [6.45, 7) is 3.95. The minimum atomic E-state index is -0.946. The molecule has 1 aromatic rings. The second-order valence-corrected chi connectivity index (χ2v) is 4.86. The van der Waals surface area contributed by atoms with Crippen molar-refractivity contribution in [2.24, 2.45) is 5.92 Å². The van der Waals surface area contributed by atoms with Crippen molar-refractivity contribution in [1.29, 1.82) is 0 Å². The molecule has 0 N–H and O–H groups in total. The van der Waals surface area contributed by atoms with Crippen LogP contribution in [0.2, 0.25) is 0 Å². The van der Waals surface area contributed by atoms with Gasteiger partial charge < -0.3 is 9.47 Å². The number of esters is 2. The lowest BCUT2D eigenvalue weighted by Gasteiger charge is -2.22. The summed E-state index contributed by atoms with van der Waals surface area (Å²) in [5.41, 5.74) is 3.05. The lowest BCUT2D eigenvalue weighted by Crippen LogP contribution is -2.30. The Hall–Kier alpha value is -2.10. The van der Waals surface area contributed by atoms with Gasteiger partial charge in [-0.1, -0.05) is 30.3 Å². The SMILES string of the molecule is CCOC(=O)C(C(=O)OCC)C1=Cc2ccccc2CC1. The zero-order valence-corrected chi connectivity index (χ0v) is 12.4. The van der Waals surface area contributed by atoms with Crippen molar-refractivity contribution in [1.82, 2.24) is 0 Å². The maximum absolute atomic E-state index is 12.1. The summed E-state index contributed by atoms with van der Waals surface area (Å²) >= 11 is 0. The number of aryl methyl sites for hydroxylation is 1. The largest absolute Gasteiger partial charge is 0.465 e. The average molecular weight is 288 g/mol. The molecule has 0 aliphatic heterocycles. The van der Waals surface area contributed by atoms with Crippen LogP contribution in [0, 0.1) is 5.92 Å². The fourth-order valence-corrected chi connectivity index (χ4v) is 2.53. The first kappa shape index (κ1) is 15.3. The molecule has 0 fully saturated rings. The van der Waals surface area contributed by atoms with E-state index in [1.165, 1.54) is 5.56 Å². The van der Waals surface area contributed by atoms with E-state index < -0.39 is 17.9 Å². The molecule has 4 heteroatoms. The number of benzene rings is 1. The van der Waals surface area contributed by atoms with Gasteiger partial charge in [0.1, 0.15) is 0 Å². The van der Waals surface area contributed by atoms with Crippen LogP contribution in [0.1, 0.15) is 31.4 Å². The molecule has 0 radical (unpaired) electrons. The van der Waals surface area contributed by atoms with E-state index in [2.05, 4.69) is 6.07 Å². The molecule has 21 heavy (non-hydrogen) atoms. The number of carbonyl (C=O) groups excluding carboxylic acids is 2. The van der Waals surface area contributed by atoms with Crippen molar-refractivity contribution >= 4 is 18.0 Å². The highest BCUT2D eigenvalue weighted by Crippen LogP contribution is 2.29. The van der Waals surface area contributed by atoms with E-state index >= 15 is 0 Å². The molecule has 0 spiro atoms. The molecule has 0 unspecified atom stereocenters. The van der Waals surface area contributed by atoms with E-state index in [-0.39, 0.29) is 13.2 Å². The second kappa shape index (κ2) is 7.07. The van der Waals surface area contributed by atoms with E-state index in [4.69, 9.17) is 9.47 Å². The van der Waals surface area contributed by atoms with Gasteiger partial charge in [-0.2, -0.15) is 0 Å². The quantitative estimate of drug-likeness (QED) is 0.617. The highest BCUT2D eigenvalue weighted by Gasteiger charge is 2.34. The Morgan fingerprint density at radius 3 is 2.29 bits per heavy atom. The molecule has 2 rings (SSSR count). The molecule has 112 valence electrons. The van der Waals surface area contributed by atoms with E-state index in [1.54, 1.807) is 13.8 Å². The lowest BCUT2D eigenvalue weighted by molar-refractivity contribution is -0.159. The van der Waals surface area contributed by atoms with Gasteiger partial charge in [-0.25, -0.2) is 0 Å². The number of hydrogen-bond acceptors (Lipinski definition) is 4. The third-order valence-corrected chi connectivity index (χ3v) is 3.49. The molecule has 0 heterocycles. The summed E-state index contributed by atoms with van der Waals surface area (Å²) in [5, 5.41) is 0.